The average molecular weight is 342 g/mol. The number of amidine groups is 1. The zero-order valence-corrected chi connectivity index (χ0v) is 13.1. The van der Waals surface area contributed by atoms with Crippen molar-refractivity contribution >= 4 is 21.8 Å². The number of hydrogen-bond donors (Lipinski definition) is 2. The van der Waals surface area contributed by atoms with Gasteiger partial charge in [0.1, 0.15) is 11.6 Å². The third-order valence-electron chi connectivity index (χ3n) is 3.47. The molecule has 20 heavy (non-hydrogen) atoms. The molecular weight excluding hydrogens is 322 g/mol. The molecule has 0 saturated heterocycles. The number of halogens is 1. The summed E-state index contributed by atoms with van der Waals surface area (Å²) in [5.41, 5.74) is 6.75. The van der Waals surface area contributed by atoms with E-state index in [1.165, 1.54) is 18.4 Å². The van der Waals surface area contributed by atoms with Crippen LogP contribution in [0.25, 0.3) is 0 Å². The second-order valence-corrected chi connectivity index (χ2v) is 5.85. The fourth-order valence-corrected chi connectivity index (χ4v) is 2.53. The second-order valence-electron chi connectivity index (χ2n) is 5.00. The molecule has 0 radical (unpaired) electrons. The molecule has 110 valence electrons. The molecule has 1 aliphatic rings. The molecule has 5 nitrogen and oxygen atoms in total. The van der Waals surface area contributed by atoms with Crippen LogP contribution in [-0.4, -0.2) is 35.6 Å². The van der Waals surface area contributed by atoms with E-state index in [-0.39, 0.29) is 5.84 Å². The Labute approximate surface area is 127 Å². The fourth-order valence-electron chi connectivity index (χ4n) is 2.16. The van der Waals surface area contributed by atoms with E-state index in [2.05, 4.69) is 26.0 Å². The summed E-state index contributed by atoms with van der Waals surface area (Å²) in [6.45, 7) is 1.63. The average Bonchev–Trinajstić information content (AvgIpc) is 3.29. The van der Waals surface area contributed by atoms with Gasteiger partial charge in [0, 0.05) is 30.0 Å². The molecular formula is C14H20BrN3O2. The smallest absolute Gasteiger partial charge is 0.140 e. The molecule has 0 bridgehead atoms. The van der Waals surface area contributed by atoms with Crippen molar-refractivity contribution in [3.8, 4) is 5.75 Å². The van der Waals surface area contributed by atoms with Crippen LogP contribution in [0.3, 0.4) is 0 Å². The summed E-state index contributed by atoms with van der Waals surface area (Å²) in [6, 6.07) is 6.59. The van der Waals surface area contributed by atoms with Crippen molar-refractivity contribution < 1.29 is 9.94 Å². The van der Waals surface area contributed by atoms with Crippen LogP contribution in [-0.2, 0) is 6.54 Å². The zero-order chi connectivity index (χ0) is 14.5. The molecule has 0 amide bonds. The van der Waals surface area contributed by atoms with E-state index < -0.39 is 0 Å². The van der Waals surface area contributed by atoms with Crippen molar-refractivity contribution in [3.63, 3.8) is 0 Å². The Morgan fingerprint density at radius 1 is 1.55 bits per heavy atom. The van der Waals surface area contributed by atoms with Crippen LogP contribution in [0.4, 0.5) is 0 Å². The van der Waals surface area contributed by atoms with Gasteiger partial charge in [-0.15, -0.1) is 0 Å². The highest BCUT2D eigenvalue weighted by molar-refractivity contribution is 9.10. The number of nitrogens with two attached hydrogens (primary N) is 1. The molecule has 3 N–H and O–H groups in total. The monoisotopic (exact) mass is 341 g/mol. The van der Waals surface area contributed by atoms with Gasteiger partial charge in [-0.05, 0) is 36.6 Å². The summed E-state index contributed by atoms with van der Waals surface area (Å²) in [5.74, 6) is 1.13. The van der Waals surface area contributed by atoms with Crippen LogP contribution in [0.5, 0.6) is 5.75 Å². The van der Waals surface area contributed by atoms with Crippen LogP contribution in [0.15, 0.2) is 27.8 Å². The largest absolute Gasteiger partial charge is 0.497 e. The van der Waals surface area contributed by atoms with E-state index >= 15 is 0 Å². The topological polar surface area (TPSA) is 71.1 Å². The Balaban J connectivity index is 2.04. The van der Waals surface area contributed by atoms with Gasteiger partial charge in [-0.1, -0.05) is 21.1 Å². The lowest BCUT2D eigenvalue weighted by molar-refractivity contribution is 0.258. The molecule has 0 aliphatic heterocycles. The van der Waals surface area contributed by atoms with Crippen molar-refractivity contribution in [2.24, 2.45) is 10.9 Å². The summed E-state index contributed by atoms with van der Waals surface area (Å²) >= 11 is 3.58. The van der Waals surface area contributed by atoms with E-state index in [9.17, 15) is 0 Å². The minimum Gasteiger partial charge on any atom is -0.497 e. The normalized spacial score (nSPS) is 15.7. The van der Waals surface area contributed by atoms with E-state index in [1.54, 1.807) is 7.11 Å². The van der Waals surface area contributed by atoms with Gasteiger partial charge >= 0.3 is 0 Å². The van der Waals surface area contributed by atoms with Crippen LogP contribution in [0.1, 0.15) is 24.8 Å². The van der Waals surface area contributed by atoms with E-state index in [0.717, 1.165) is 23.3 Å². The van der Waals surface area contributed by atoms with Crippen molar-refractivity contribution in [1.82, 2.24) is 4.90 Å². The SMILES string of the molecule is COc1ccc(Br)c(CN(CCC(N)=NO)C2CC2)c1. The molecule has 1 aromatic carbocycles. The molecule has 0 atom stereocenters. The minimum absolute atomic E-state index is 0.278. The Bertz CT molecular complexity index is 489. The van der Waals surface area contributed by atoms with Gasteiger partial charge in [0.15, 0.2) is 0 Å². The molecule has 1 aromatic rings. The van der Waals surface area contributed by atoms with Crippen LogP contribution in [0.2, 0.25) is 0 Å². The highest BCUT2D eigenvalue weighted by Crippen LogP contribution is 2.31. The quantitative estimate of drug-likeness (QED) is 0.346. The fraction of sp³-hybridized carbons (Fsp3) is 0.500. The van der Waals surface area contributed by atoms with Gasteiger partial charge in [0.25, 0.3) is 0 Å². The number of rotatable bonds is 7. The first-order chi connectivity index (χ1) is 9.63. The highest BCUT2D eigenvalue weighted by atomic mass is 79.9. The standard InChI is InChI=1S/C14H20BrN3O2/c1-20-12-4-5-13(15)10(8-12)9-18(11-2-3-11)7-6-14(16)17-19/h4-5,8,11,19H,2-3,6-7,9H2,1H3,(H2,16,17). The molecule has 0 aromatic heterocycles. The molecule has 1 aliphatic carbocycles. The second kappa shape index (κ2) is 6.95. The number of ether oxygens (including phenoxy) is 1. The number of hydrogen-bond acceptors (Lipinski definition) is 4. The third kappa shape index (κ3) is 4.11. The predicted octanol–water partition coefficient (Wildman–Crippen LogP) is 2.56. The predicted molar refractivity (Wildman–Crippen MR) is 82.2 cm³/mol. The van der Waals surface area contributed by atoms with E-state index in [0.29, 0.717) is 12.5 Å². The summed E-state index contributed by atoms with van der Waals surface area (Å²) in [6.07, 6.45) is 3.02. The lowest BCUT2D eigenvalue weighted by Gasteiger charge is -2.22. The number of nitrogens with zero attached hydrogens (tertiary/aromatic N) is 2. The van der Waals surface area contributed by atoms with E-state index in [4.69, 9.17) is 15.7 Å². The number of methoxy groups -OCH3 is 1. The first-order valence-corrected chi connectivity index (χ1v) is 7.46. The molecule has 6 heteroatoms. The van der Waals surface area contributed by atoms with Gasteiger partial charge in [-0.3, -0.25) is 4.90 Å². The van der Waals surface area contributed by atoms with Crippen LogP contribution < -0.4 is 10.5 Å². The van der Waals surface area contributed by atoms with Crippen molar-refractivity contribution in [1.29, 1.82) is 0 Å². The molecule has 2 rings (SSSR count). The Kier molecular flexibility index (Phi) is 5.25. The highest BCUT2D eigenvalue weighted by Gasteiger charge is 2.29. The Morgan fingerprint density at radius 2 is 2.30 bits per heavy atom. The minimum atomic E-state index is 0.278. The Morgan fingerprint density at radius 3 is 2.90 bits per heavy atom. The molecule has 1 saturated carbocycles. The first kappa shape index (κ1) is 15.1. The van der Waals surface area contributed by atoms with Gasteiger partial charge in [0.05, 0.1) is 7.11 Å². The molecule has 0 heterocycles. The zero-order valence-electron chi connectivity index (χ0n) is 11.6. The van der Waals surface area contributed by atoms with Crippen LogP contribution in [0, 0.1) is 0 Å². The maximum Gasteiger partial charge on any atom is 0.140 e. The summed E-state index contributed by atoms with van der Waals surface area (Å²) in [5, 5.41) is 11.7. The lowest BCUT2D eigenvalue weighted by atomic mass is 10.2. The van der Waals surface area contributed by atoms with Gasteiger partial charge in [-0.2, -0.15) is 0 Å². The Hall–Kier alpha value is -1.27. The summed E-state index contributed by atoms with van der Waals surface area (Å²) < 4.78 is 6.35. The van der Waals surface area contributed by atoms with Gasteiger partial charge < -0.3 is 15.7 Å². The lowest BCUT2D eigenvalue weighted by Crippen LogP contribution is -2.30. The van der Waals surface area contributed by atoms with Gasteiger partial charge in [-0.25, -0.2) is 0 Å². The van der Waals surface area contributed by atoms with E-state index in [1.807, 2.05) is 18.2 Å². The van der Waals surface area contributed by atoms with Crippen molar-refractivity contribution in [2.45, 2.75) is 31.8 Å². The third-order valence-corrected chi connectivity index (χ3v) is 4.25. The summed E-state index contributed by atoms with van der Waals surface area (Å²) in [4.78, 5) is 2.37. The molecule has 0 spiro atoms. The number of oxime groups is 1. The summed E-state index contributed by atoms with van der Waals surface area (Å²) in [7, 11) is 1.67. The van der Waals surface area contributed by atoms with Crippen LogP contribution >= 0.6 is 15.9 Å². The van der Waals surface area contributed by atoms with Gasteiger partial charge in [0.2, 0.25) is 0 Å². The van der Waals surface area contributed by atoms with Crippen molar-refractivity contribution in [3.05, 3.63) is 28.2 Å². The molecule has 0 unspecified atom stereocenters. The van der Waals surface area contributed by atoms with Crippen molar-refractivity contribution in [2.75, 3.05) is 13.7 Å². The molecule has 1 fully saturated rings. The number of benzene rings is 1. The maximum atomic E-state index is 8.62. The maximum absolute atomic E-state index is 8.62. The first-order valence-electron chi connectivity index (χ1n) is 6.67.